The van der Waals surface area contributed by atoms with Gasteiger partial charge in [0.05, 0.1) is 11.3 Å². The predicted octanol–water partition coefficient (Wildman–Crippen LogP) is 3.42. The lowest BCUT2D eigenvalue weighted by molar-refractivity contribution is -0.274. The molecule has 1 N–H and O–H groups in total. The zero-order valence-corrected chi connectivity index (χ0v) is 18.3. The van der Waals surface area contributed by atoms with Crippen molar-refractivity contribution >= 4 is 21.7 Å². The van der Waals surface area contributed by atoms with E-state index in [9.17, 15) is 26.4 Å². The average Bonchev–Trinajstić information content (AvgIpc) is 2.68. The largest absolute Gasteiger partial charge is 0.573 e. The number of benzene rings is 2. The SMILES string of the molecule is Cc1ccc(S(=O)(=O)N2CCN(c3ccc(OC(F)(F)F)cc3)C[C@@H]2C)cc1CC(=O)O. The number of hydrogen-bond donors (Lipinski definition) is 1. The minimum Gasteiger partial charge on any atom is -0.481 e. The monoisotopic (exact) mass is 472 g/mol. The highest BCUT2D eigenvalue weighted by Crippen LogP contribution is 2.28. The molecule has 0 aromatic heterocycles. The number of nitrogens with zero attached hydrogens (tertiary/aromatic N) is 2. The Morgan fingerprint density at radius 2 is 1.81 bits per heavy atom. The van der Waals surface area contributed by atoms with Gasteiger partial charge in [0, 0.05) is 31.4 Å². The van der Waals surface area contributed by atoms with Gasteiger partial charge in [-0.1, -0.05) is 6.07 Å². The van der Waals surface area contributed by atoms with Gasteiger partial charge in [-0.15, -0.1) is 13.2 Å². The van der Waals surface area contributed by atoms with Crippen molar-refractivity contribution in [1.82, 2.24) is 4.31 Å². The topological polar surface area (TPSA) is 87.2 Å². The highest BCUT2D eigenvalue weighted by molar-refractivity contribution is 7.89. The molecule has 0 radical (unpaired) electrons. The fraction of sp³-hybridized carbons (Fsp3) is 0.381. The first-order valence-electron chi connectivity index (χ1n) is 9.81. The van der Waals surface area contributed by atoms with Gasteiger partial charge >= 0.3 is 12.3 Å². The van der Waals surface area contributed by atoms with Gasteiger partial charge in [-0.3, -0.25) is 4.79 Å². The number of aryl methyl sites for hydroxylation is 1. The van der Waals surface area contributed by atoms with Crippen LogP contribution in [0.2, 0.25) is 0 Å². The van der Waals surface area contributed by atoms with E-state index in [0.717, 1.165) is 0 Å². The molecule has 1 aliphatic rings. The molecule has 0 saturated carbocycles. The number of carbonyl (C=O) groups is 1. The van der Waals surface area contributed by atoms with Crippen LogP contribution in [0.25, 0.3) is 0 Å². The standard InChI is InChI=1S/C21H23F3N2O5S/c1-14-3-8-19(11-16(14)12-20(27)28)32(29,30)26-10-9-25(13-15(26)2)17-4-6-18(7-5-17)31-21(22,23)24/h3-8,11,15H,9-10,12-13H2,1-2H3,(H,27,28)/t15-/m0/s1. The molecule has 32 heavy (non-hydrogen) atoms. The third-order valence-electron chi connectivity index (χ3n) is 5.27. The number of piperazine rings is 1. The number of anilines is 1. The molecule has 1 heterocycles. The molecule has 7 nitrogen and oxygen atoms in total. The maximum absolute atomic E-state index is 13.2. The summed E-state index contributed by atoms with van der Waals surface area (Å²) in [4.78, 5) is 13.0. The Bertz CT molecular complexity index is 1090. The highest BCUT2D eigenvalue weighted by atomic mass is 32.2. The van der Waals surface area contributed by atoms with Gasteiger partial charge < -0.3 is 14.7 Å². The first kappa shape index (κ1) is 23.9. The van der Waals surface area contributed by atoms with Gasteiger partial charge in [-0.25, -0.2) is 8.42 Å². The molecule has 0 bridgehead atoms. The summed E-state index contributed by atoms with van der Waals surface area (Å²) in [5.41, 5.74) is 1.79. The van der Waals surface area contributed by atoms with Crippen LogP contribution in [0.1, 0.15) is 18.1 Å². The Kier molecular flexibility index (Phi) is 6.70. The third kappa shape index (κ3) is 5.52. The Labute approximate surface area is 184 Å². The Morgan fingerprint density at radius 1 is 1.16 bits per heavy atom. The van der Waals surface area contributed by atoms with Crippen LogP contribution >= 0.6 is 0 Å². The molecule has 1 atom stereocenters. The van der Waals surface area contributed by atoms with Crippen molar-refractivity contribution in [3.8, 4) is 5.75 Å². The summed E-state index contributed by atoms with van der Waals surface area (Å²) in [6.07, 6.45) is -5.04. The summed E-state index contributed by atoms with van der Waals surface area (Å²) in [5, 5.41) is 9.06. The van der Waals surface area contributed by atoms with Gasteiger partial charge in [0.25, 0.3) is 0 Å². The second kappa shape index (κ2) is 8.99. The molecule has 11 heteroatoms. The summed E-state index contributed by atoms with van der Waals surface area (Å²) in [6, 6.07) is 9.47. The minimum atomic E-state index is -4.77. The first-order valence-corrected chi connectivity index (χ1v) is 11.2. The lowest BCUT2D eigenvalue weighted by Gasteiger charge is -2.40. The van der Waals surface area contributed by atoms with Crippen LogP contribution in [0.5, 0.6) is 5.75 Å². The van der Waals surface area contributed by atoms with Gasteiger partial charge in [0.1, 0.15) is 5.75 Å². The van der Waals surface area contributed by atoms with E-state index < -0.39 is 28.4 Å². The molecular weight excluding hydrogens is 449 g/mol. The number of carboxylic acids is 1. The van der Waals surface area contributed by atoms with Crippen molar-refractivity contribution in [3.05, 3.63) is 53.6 Å². The number of hydrogen-bond acceptors (Lipinski definition) is 5. The molecule has 1 saturated heterocycles. The van der Waals surface area contributed by atoms with Gasteiger partial charge in [0.15, 0.2) is 0 Å². The van der Waals surface area contributed by atoms with Crippen molar-refractivity contribution in [1.29, 1.82) is 0 Å². The molecule has 0 aliphatic carbocycles. The number of rotatable bonds is 6. The van der Waals surface area contributed by atoms with Crippen LogP contribution in [0, 0.1) is 6.92 Å². The van der Waals surface area contributed by atoms with E-state index in [2.05, 4.69) is 4.74 Å². The van der Waals surface area contributed by atoms with E-state index >= 15 is 0 Å². The van der Waals surface area contributed by atoms with Crippen LogP contribution in [0.3, 0.4) is 0 Å². The second-order valence-corrected chi connectivity index (χ2v) is 9.50. The van der Waals surface area contributed by atoms with E-state index in [1.54, 1.807) is 19.9 Å². The average molecular weight is 472 g/mol. The Morgan fingerprint density at radius 3 is 2.38 bits per heavy atom. The molecule has 1 fully saturated rings. The minimum absolute atomic E-state index is 0.0355. The van der Waals surface area contributed by atoms with Crippen molar-refractivity contribution in [2.75, 3.05) is 24.5 Å². The lowest BCUT2D eigenvalue weighted by atomic mass is 10.1. The fourth-order valence-corrected chi connectivity index (χ4v) is 5.35. The number of sulfonamides is 1. The normalized spacial score (nSPS) is 17.9. The molecular formula is C21H23F3N2O5S. The number of carboxylic acid groups (broad SMARTS) is 1. The van der Waals surface area contributed by atoms with Gasteiger partial charge in [0.2, 0.25) is 10.0 Å². The third-order valence-corrected chi connectivity index (χ3v) is 7.28. The summed E-state index contributed by atoms with van der Waals surface area (Å²) in [5.74, 6) is -1.37. The van der Waals surface area contributed by atoms with Crippen molar-refractivity contribution in [2.24, 2.45) is 0 Å². The molecule has 0 unspecified atom stereocenters. The molecule has 1 aliphatic heterocycles. The van der Waals surface area contributed by atoms with Gasteiger partial charge in [-0.05, 0) is 61.4 Å². The smallest absolute Gasteiger partial charge is 0.481 e. The molecule has 0 spiro atoms. The fourth-order valence-electron chi connectivity index (χ4n) is 3.69. The van der Waals surface area contributed by atoms with E-state index in [1.807, 2.05) is 4.90 Å². The molecule has 2 aromatic rings. The van der Waals surface area contributed by atoms with Crippen LogP contribution in [0.4, 0.5) is 18.9 Å². The molecule has 2 aromatic carbocycles. The van der Waals surface area contributed by atoms with Gasteiger partial charge in [-0.2, -0.15) is 4.31 Å². The summed E-state index contributed by atoms with van der Waals surface area (Å²) < 4.78 is 68.6. The molecule has 3 rings (SSSR count). The second-order valence-electron chi connectivity index (χ2n) is 7.61. The predicted molar refractivity (Wildman–Crippen MR) is 111 cm³/mol. The maximum Gasteiger partial charge on any atom is 0.573 e. The van der Waals surface area contributed by atoms with Crippen LogP contribution in [-0.4, -0.2) is 55.8 Å². The molecule has 0 amide bonds. The quantitative estimate of drug-likeness (QED) is 0.693. The Hall–Kier alpha value is -2.79. The van der Waals surface area contributed by atoms with E-state index in [1.165, 1.54) is 40.7 Å². The maximum atomic E-state index is 13.2. The zero-order valence-electron chi connectivity index (χ0n) is 17.5. The van der Waals surface area contributed by atoms with Crippen LogP contribution in [-0.2, 0) is 21.2 Å². The highest BCUT2D eigenvalue weighted by Gasteiger charge is 2.34. The number of aliphatic carboxylic acids is 1. The van der Waals surface area contributed by atoms with Crippen molar-refractivity contribution in [3.63, 3.8) is 0 Å². The van der Waals surface area contributed by atoms with Crippen molar-refractivity contribution < 1.29 is 36.2 Å². The summed E-state index contributed by atoms with van der Waals surface area (Å²) >= 11 is 0. The number of alkyl halides is 3. The zero-order chi connectivity index (χ0) is 23.7. The summed E-state index contributed by atoms with van der Waals surface area (Å²) in [6.45, 7) is 4.33. The van der Waals surface area contributed by atoms with Crippen LogP contribution in [0.15, 0.2) is 47.4 Å². The number of ether oxygens (including phenoxy) is 1. The Balaban J connectivity index is 1.74. The lowest BCUT2D eigenvalue weighted by Crippen LogP contribution is -2.54. The van der Waals surface area contributed by atoms with E-state index in [-0.39, 0.29) is 23.6 Å². The summed E-state index contributed by atoms with van der Waals surface area (Å²) in [7, 11) is -3.85. The van der Waals surface area contributed by atoms with Crippen molar-refractivity contribution in [2.45, 2.75) is 37.6 Å². The van der Waals surface area contributed by atoms with Crippen LogP contribution < -0.4 is 9.64 Å². The van der Waals surface area contributed by atoms with E-state index in [4.69, 9.17) is 5.11 Å². The number of halogens is 3. The molecule has 174 valence electrons. The van der Waals surface area contributed by atoms with E-state index in [0.29, 0.717) is 29.9 Å². The first-order chi connectivity index (χ1) is 14.9.